The maximum atomic E-state index is 11.7. The molecule has 0 heterocycles. The zero-order valence-corrected chi connectivity index (χ0v) is 12.3. The molecule has 0 aliphatic rings. The lowest BCUT2D eigenvalue weighted by Crippen LogP contribution is -2.28. The Balaban J connectivity index is 0.00000324. The van der Waals surface area contributed by atoms with E-state index in [1.807, 2.05) is 0 Å². The quantitative estimate of drug-likeness (QED) is 0.791. The molecule has 0 saturated heterocycles. The molecule has 0 aromatic heterocycles. The number of hydrogen-bond acceptors (Lipinski definition) is 3. The Labute approximate surface area is 123 Å². The number of benzene rings is 1. The zero-order chi connectivity index (χ0) is 13.7. The summed E-state index contributed by atoms with van der Waals surface area (Å²) >= 11 is 5.83. The highest BCUT2D eigenvalue weighted by Gasteiger charge is 2.16. The molecule has 0 saturated carbocycles. The second-order valence-corrected chi connectivity index (χ2v) is 4.33. The minimum absolute atomic E-state index is 0. The molecule has 0 spiro atoms. The van der Waals surface area contributed by atoms with Crippen LogP contribution < -0.4 is 16.4 Å². The summed E-state index contributed by atoms with van der Waals surface area (Å²) in [4.78, 5) is 23.4. The van der Waals surface area contributed by atoms with Crippen LogP contribution in [0, 0.1) is 5.92 Å². The lowest BCUT2D eigenvalue weighted by Gasteiger charge is -2.13. The predicted octanol–water partition coefficient (Wildman–Crippen LogP) is 1.65. The average Bonchev–Trinajstić information content (AvgIpc) is 2.38. The highest BCUT2D eigenvalue weighted by atomic mass is 35.5. The van der Waals surface area contributed by atoms with E-state index in [0.717, 1.165) is 0 Å². The van der Waals surface area contributed by atoms with Gasteiger partial charge in [0, 0.05) is 24.5 Å². The normalized spacial score (nSPS) is 11.2. The van der Waals surface area contributed by atoms with Crippen molar-refractivity contribution in [2.75, 3.05) is 18.9 Å². The average molecular weight is 306 g/mol. The molecule has 0 aliphatic carbocycles. The third kappa shape index (κ3) is 4.70. The SMILES string of the molecule is CNC(=O)c1cc(Cl)ccc1NC(=O)C(C)CN.Cl. The van der Waals surface area contributed by atoms with Gasteiger partial charge in [0.15, 0.2) is 0 Å². The summed E-state index contributed by atoms with van der Waals surface area (Å²) in [5.41, 5.74) is 6.16. The minimum Gasteiger partial charge on any atom is -0.355 e. The maximum absolute atomic E-state index is 11.7. The van der Waals surface area contributed by atoms with E-state index in [1.165, 1.54) is 13.1 Å². The zero-order valence-electron chi connectivity index (χ0n) is 10.7. The van der Waals surface area contributed by atoms with Crippen LogP contribution >= 0.6 is 24.0 Å². The van der Waals surface area contributed by atoms with Gasteiger partial charge in [-0.1, -0.05) is 18.5 Å². The number of halogens is 2. The van der Waals surface area contributed by atoms with Gasteiger partial charge in [-0.2, -0.15) is 0 Å². The van der Waals surface area contributed by atoms with Crippen molar-refractivity contribution in [3.05, 3.63) is 28.8 Å². The van der Waals surface area contributed by atoms with E-state index < -0.39 is 0 Å². The molecule has 1 unspecified atom stereocenters. The molecular weight excluding hydrogens is 289 g/mol. The Morgan fingerprint density at radius 1 is 1.42 bits per heavy atom. The van der Waals surface area contributed by atoms with Gasteiger partial charge in [0.25, 0.3) is 5.91 Å². The minimum atomic E-state index is -0.321. The van der Waals surface area contributed by atoms with Gasteiger partial charge < -0.3 is 16.4 Å². The van der Waals surface area contributed by atoms with Crippen LogP contribution in [0.15, 0.2) is 18.2 Å². The molecule has 2 amide bonds. The molecule has 1 rings (SSSR count). The van der Waals surface area contributed by atoms with Crippen molar-refractivity contribution in [2.24, 2.45) is 11.7 Å². The van der Waals surface area contributed by atoms with Crippen LogP contribution in [-0.4, -0.2) is 25.4 Å². The second kappa shape index (κ2) is 7.99. The molecule has 0 aliphatic heterocycles. The van der Waals surface area contributed by atoms with Crippen molar-refractivity contribution in [3.8, 4) is 0 Å². The number of nitrogens with two attached hydrogens (primary N) is 1. The van der Waals surface area contributed by atoms with Crippen molar-refractivity contribution in [1.82, 2.24) is 5.32 Å². The van der Waals surface area contributed by atoms with E-state index in [4.69, 9.17) is 17.3 Å². The summed E-state index contributed by atoms with van der Waals surface area (Å²) in [5.74, 6) is -0.864. The summed E-state index contributed by atoms with van der Waals surface area (Å²) in [7, 11) is 1.51. The van der Waals surface area contributed by atoms with Gasteiger partial charge >= 0.3 is 0 Å². The summed E-state index contributed by atoms with van der Waals surface area (Å²) in [6, 6.07) is 4.70. The fourth-order valence-electron chi connectivity index (χ4n) is 1.31. The van der Waals surface area contributed by atoms with E-state index in [0.29, 0.717) is 16.3 Å². The lowest BCUT2D eigenvalue weighted by molar-refractivity contribution is -0.119. The molecule has 0 bridgehead atoms. The molecule has 0 radical (unpaired) electrons. The number of nitrogens with one attached hydrogen (secondary N) is 2. The Bertz CT molecular complexity index is 466. The fraction of sp³-hybridized carbons (Fsp3) is 0.333. The van der Waals surface area contributed by atoms with Crippen molar-refractivity contribution >= 4 is 41.5 Å². The number of hydrogen-bond donors (Lipinski definition) is 3. The van der Waals surface area contributed by atoms with Crippen LogP contribution in [0.2, 0.25) is 5.02 Å². The summed E-state index contributed by atoms with van der Waals surface area (Å²) in [6.45, 7) is 1.96. The first kappa shape index (κ1) is 17.7. The second-order valence-electron chi connectivity index (χ2n) is 3.90. The van der Waals surface area contributed by atoms with Gasteiger partial charge in [0.1, 0.15) is 0 Å². The first-order chi connectivity index (χ1) is 8.49. The molecule has 1 aromatic carbocycles. The standard InChI is InChI=1S/C12H16ClN3O2.ClH/c1-7(6-14)11(17)16-10-4-3-8(13)5-9(10)12(18)15-2;/h3-5,7H,6,14H2,1-2H3,(H,15,18)(H,16,17);1H. The molecule has 106 valence electrons. The fourth-order valence-corrected chi connectivity index (χ4v) is 1.48. The third-order valence-corrected chi connectivity index (χ3v) is 2.75. The summed E-state index contributed by atoms with van der Waals surface area (Å²) < 4.78 is 0. The molecule has 19 heavy (non-hydrogen) atoms. The van der Waals surface area contributed by atoms with Crippen molar-refractivity contribution in [2.45, 2.75) is 6.92 Å². The van der Waals surface area contributed by atoms with Gasteiger partial charge in [-0.25, -0.2) is 0 Å². The third-order valence-electron chi connectivity index (χ3n) is 2.51. The van der Waals surface area contributed by atoms with E-state index in [2.05, 4.69) is 10.6 Å². The Morgan fingerprint density at radius 2 is 2.05 bits per heavy atom. The predicted molar refractivity (Wildman–Crippen MR) is 78.9 cm³/mol. The number of rotatable bonds is 4. The number of anilines is 1. The number of carbonyl (C=O) groups is 2. The molecule has 7 heteroatoms. The molecular formula is C12H17Cl2N3O2. The van der Waals surface area contributed by atoms with E-state index in [9.17, 15) is 9.59 Å². The van der Waals surface area contributed by atoms with Gasteiger partial charge in [-0.05, 0) is 18.2 Å². The first-order valence-corrected chi connectivity index (χ1v) is 5.90. The summed E-state index contributed by atoms with van der Waals surface area (Å²) in [5, 5.41) is 5.59. The molecule has 4 N–H and O–H groups in total. The van der Waals surface area contributed by atoms with Gasteiger partial charge in [0.05, 0.1) is 11.3 Å². The Morgan fingerprint density at radius 3 is 2.58 bits per heavy atom. The van der Waals surface area contributed by atoms with Crippen molar-refractivity contribution in [3.63, 3.8) is 0 Å². The topological polar surface area (TPSA) is 84.2 Å². The largest absolute Gasteiger partial charge is 0.355 e. The molecule has 1 atom stereocenters. The van der Waals surface area contributed by atoms with Gasteiger partial charge in [-0.3, -0.25) is 9.59 Å². The van der Waals surface area contributed by atoms with Crippen LogP contribution in [0.5, 0.6) is 0 Å². The van der Waals surface area contributed by atoms with Gasteiger partial charge in [-0.15, -0.1) is 12.4 Å². The van der Waals surface area contributed by atoms with Crippen LogP contribution in [0.3, 0.4) is 0 Å². The van der Waals surface area contributed by atoms with Gasteiger partial charge in [0.2, 0.25) is 5.91 Å². The van der Waals surface area contributed by atoms with Crippen LogP contribution in [0.1, 0.15) is 17.3 Å². The molecule has 0 fully saturated rings. The van der Waals surface area contributed by atoms with Crippen LogP contribution in [0.4, 0.5) is 5.69 Å². The lowest BCUT2D eigenvalue weighted by atomic mass is 10.1. The summed E-state index contributed by atoms with van der Waals surface area (Å²) in [6.07, 6.45) is 0. The highest BCUT2D eigenvalue weighted by Crippen LogP contribution is 2.21. The monoisotopic (exact) mass is 305 g/mol. The number of amides is 2. The van der Waals surface area contributed by atoms with Crippen LogP contribution in [0.25, 0.3) is 0 Å². The van der Waals surface area contributed by atoms with Crippen LogP contribution in [-0.2, 0) is 4.79 Å². The van der Waals surface area contributed by atoms with Crippen molar-refractivity contribution < 1.29 is 9.59 Å². The van der Waals surface area contributed by atoms with E-state index in [-0.39, 0.29) is 36.7 Å². The maximum Gasteiger partial charge on any atom is 0.253 e. The molecule has 5 nitrogen and oxygen atoms in total. The first-order valence-electron chi connectivity index (χ1n) is 5.52. The number of carbonyl (C=O) groups excluding carboxylic acids is 2. The van der Waals surface area contributed by atoms with E-state index in [1.54, 1.807) is 19.1 Å². The Hall–Kier alpha value is -1.30. The smallest absolute Gasteiger partial charge is 0.253 e. The highest BCUT2D eigenvalue weighted by molar-refractivity contribution is 6.31. The van der Waals surface area contributed by atoms with Crippen molar-refractivity contribution in [1.29, 1.82) is 0 Å². The molecule has 1 aromatic rings. The Kier molecular flexibility index (Phi) is 7.44. The van der Waals surface area contributed by atoms with E-state index >= 15 is 0 Å².